The molecule has 0 atom stereocenters. The Morgan fingerprint density at radius 1 is 1.19 bits per heavy atom. The van der Waals surface area contributed by atoms with Gasteiger partial charge in [-0.15, -0.1) is 11.3 Å². The second kappa shape index (κ2) is 9.95. The van der Waals surface area contributed by atoms with Gasteiger partial charge in [-0.05, 0) is 43.7 Å². The van der Waals surface area contributed by atoms with Crippen LogP contribution in [0.1, 0.15) is 52.5 Å². The standard InChI is InChI=1S/C21H25NO3S2/c1-2-25-21(24)19-16-10-6-7-11-17(16)27-20(19)22-18(23)12-13-26-14-15-8-4-3-5-9-15/h3-5,8-9H,2,6-7,10-14H2,1H3,(H,22,23). The van der Waals surface area contributed by atoms with Crippen LogP contribution < -0.4 is 5.32 Å². The molecule has 0 saturated heterocycles. The molecule has 1 N–H and O–H groups in total. The lowest BCUT2D eigenvalue weighted by molar-refractivity contribution is -0.115. The molecule has 1 amide bonds. The third-order valence-electron chi connectivity index (χ3n) is 4.49. The van der Waals surface area contributed by atoms with Gasteiger partial charge in [0.1, 0.15) is 5.00 Å². The predicted octanol–water partition coefficient (Wildman–Crippen LogP) is 5.07. The van der Waals surface area contributed by atoms with Crippen LogP contribution in [0.2, 0.25) is 0 Å². The smallest absolute Gasteiger partial charge is 0.341 e. The van der Waals surface area contributed by atoms with Gasteiger partial charge >= 0.3 is 5.97 Å². The number of anilines is 1. The molecule has 144 valence electrons. The first-order valence-corrected chi connectivity index (χ1v) is 11.4. The van der Waals surface area contributed by atoms with Crippen molar-refractivity contribution < 1.29 is 14.3 Å². The largest absolute Gasteiger partial charge is 0.462 e. The number of thiophene rings is 1. The van der Waals surface area contributed by atoms with E-state index in [1.54, 1.807) is 30.0 Å². The SMILES string of the molecule is CCOC(=O)c1c(NC(=O)CCSCc2ccccc2)sc2c1CCCC2. The summed E-state index contributed by atoms with van der Waals surface area (Å²) < 4.78 is 5.23. The van der Waals surface area contributed by atoms with E-state index in [0.29, 0.717) is 23.6 Å². The lowest BCUT2D eigenvalue weighted by Gasteiger charge is -2.12. The van der Waals surface area contributed by atoms with Gasteiger partial charge in [-0.3, -0.25) is 4.79 Å². The van der Waals surface area contributed by atoms with Crippen LogP contribution in [0.25, 0.3) is 0 Å². The van der Waals surface area contributed by atoms with Gasteiger partial charge < -0.3 is 10.1 Å². The molecular weight excluding hydrogens is 378 g/mol. The molecule has 0 radical (unpaired) electrons. The van der Waals surface area contributed by atoms with Gasteiger partial charge in [-0.2, -0.15) is 11.8 Å². The quantitative estimate of drug-likeness (QED) is 0.494. The van der Waals surface area contributed by atoms with E-state index in [4.69, 9.17) is 4.74 Å². The fourth-order valence-corrected chi connectivity index (χ4v) is 5.39. The first kappa shape index (κ1) is 20.0. The minimum Gasteiger partial charge on any atom is -0.462 e. The monoisotopic (exact) mass is 403 g/mol. The molecule has 0 aliphatic heterocycles. The average molecular weight is 404 g/mol. The van der Waals surface area contributed by atoms with Gasteiger partial charge in [0, 0.05) is 22.8 Å². The summed E-state index contributed by atoms with van der Waals surface area (Å²) in [6.07, 6.45) is 4.53. The molecule has 1 aromatic heterocycles. The second-order valence-corrected chi connectivity index (χ2v) is 8.68. The molecule has 1 aliphatic carbocycles. The predicted molar refractivity (Wildman–Crippen MR) is 113 cm³/mol. The number of nitrogens with one attached hydrogen (secondary N) is 1. The van der Waals surface area contributed by atoms with Gasteiger partial charge in [-0.1, -0.05) is 30.3 Å². The molecule has 1 heterocycles. The van der Waals surface area contributed by atoms with Crippen LogP contribution in [-0.2, 0) is 28.1 Å². The van der Waals surface area contributed by atoms with Crippen molar-refractivity contribution in [2.24, 2.45) is 0 Å². The highest BCUT2D eigenvalue weighted by atomic mass is 32.2. The number of amides is 1. The van der Waals surface area contributed by atoms with E-state index in [2.05, 4.69) is 17.4 Å². The van der Waals surface area contributed by atoms with Gasteiger partial charge in [-0.25, -0.2) is 4.79 Å². The number of hydrogen-bond donors (Lipinski definition) is 1. The van der Waals surface area contributed by atoms with Crippen molar-refractivity contribution >= 4 is 40.0 Å². The number of rotatable bonds is 8. The Morgan fingerprint density at radius 2 is 1.96 bits per heavy atom. The third-order valence-corrected chi connectivity index (χ3v) is 6.73. The van der Waals surface area contributed by atoms with Crippen molar-refractivity contribution in [2.45, 2.75) is 44.8 Å². The number of carbonyl (C=O) groups excluding carboxylic acids is 2. The summed E-state index contributed by atoms with van der Waals surface area (Å²) in [7, 11) is 0. The van der Waals surface area contributed by atoms with Crippen LogP contribution in [0.15, 0.2) is 30.3 Å². The van der Waals surface area contributed by atoms with Crippen molar-refractivity contribution in [2.75, 3.05) is 17.7 Å². The van der Waals surface area contributed by atoms with Gasteiger partial charge in [0.15, 0.2) is 0 Å². The van der Waals surface area contributed by atoms with Crippen LogP contribution in [0.5, 0.6) is 0 Å². The minimum absolute atomic E-state index is 0.0419. The molecule has 0 unspecified atom stereocenters. The number of benzene rings is 1. The molecule has 4 nitrogen and oxygen atoms in total. The van der Waals surface area contributed by atoms with Crippen LogP contribution >= 0.6 is 23.1 Å². The zero-order valence-electron chi connectivity index (χ0n) is 15.6. The number of esters is 1. The molecule has 0 spiro atoms. The summed E-state index contributed by atoms with van der Waals surface area (Å²) in [6, 6.07) is 10.2. The maximum Gasteiger partial charge on any atom is 0.341 e. The van der Waals surface area contributed by atoms with E-state index >= 15 is 0 Å². The van der Waals surface area contributed by atoms with E-state index in [1.807, 2.05) is 18.2 Å². The fraction of sp³-hybridized carbons (Fsp3) is 0.429. The topological polar surface area (TPSA) is 55.4 Å². The van der Waals surface area contributed by atoms with Crippen molar-refractivity contribution in [3.63, 3.8) is 0 Å². The van der Waals surface area contributed by atoms with Crippen molar-refractivity contribution in [3.05, 3.63) is 51.9 Å². The van der Waals surface area contributed by atoms with Crippen LogP contribution in [-0.4, -0.2) is 24.2 Å². The average Bonchev–Trinajstić information content (AvgIpc) is 3.04. The summed E-state index contributed by atoms with van der Waals surface area (Å²) in [5.41, 5.74) is 2.93. The molecular formula is C21H25NO3S2. The maximum absolute atomic E-state index is 12.4. The summed E-state index contributed by atoms with van der Waals surface area (Å²) >= 11 is 3.28. The molecule has 1 aliphatic rings. The fourth-order valence-electron chi connectivity index (χ4n) is 3.19. The van der Waals surface area contributed by atoms with Crippen LogP contribution in [0, 0.1) is 0 Å². The molecule has 2 aromatic rings. The Balaban J connectivity index is 1.58. The molecule has 1 aromatic carbocycles. The first-order valence-electron chi connectivity index (χ1n) is 9.42. The highest BCUT2D eigenvalue weighted by Gasteiger charge is 2.27. The van der Waals surface area contributed by atoms with Crippen LogP contribution in [0.3, 0.4) is 0 Å². The number of aryl methyl sites for hydroxylation is 1. The van der Waals surface area contributed by atoms with E-state index in [0.717, 1.165) is 42.8 Å². The molecule has 3 rings (SSSR count). The van der Waals surface area contributed by atoms with Gasteiger partial charge in [0.05, 0.1) is 12.2 Å². The Bertz CT molecular complexity index is 786. The Hall–Kier alpha value is -1.79. The summed E-state index contributed by atoms with van der Waals surface area (Å²) in [5, 5.41) is 3.64. The van der Waals surface area contributed by atoms with E-state index in [-0.39, 0.29) is 11.9 Å². The van der Waals surface area contributed by atoms with Crippen LogP contribution in [0.4, 0.5) is 5.00 Å². The van der Waals surface area contributed by atoms with Crippen molar-refractivity contribution in [1.29, 1.82) is 0 Å². The van der Waals surface area contributed by atoms with Gasteiger partial charge in [0.25, 0.3) is 0 Å². The molecule has 27 heavy (non-hydrogen) atoms. The van der Waals surface area contributed by atoms with E-state index < -0.39 is 0 Å². The second-order valence-electron chi connectivity index (χ2n) is 6.47. The van der Waals surface area contributed by atoms with E-state index in [1.165, 1.54) is 10.4 Å². The van der Waals surface area contributed by atoms with Gasteiger partial charge in [0.2, 0.25) is 5.91 Å². The van der Waals surface area contributed by atoms with E-state index in [9.17, 15) is 9.59 Å². The maximum atomic E-state index is 12.4. The number of ether oxygens (including phenoxy) is 1. The molecule has 0 saturated carbocycles. The summed E-state index contributed by atoms with van der Waals surface area (Å²) in [6.45, 7) is 2.14. The highest BCUT2D eigenvalue weighted by Crippen LogP contribution is 2.38. The Labute approximate surface area is 168 Å². The Morgan fingerprint density at radius 3 is 2.74 bits per heavy atom. The summed E-state index contributed by atoms with van der Waals surface area (Å²) in [4.78, 5) is 26.0. The summed E-state index contributed by atoms with van der Waals surface area (Å²) in [5.74, 6) is 1.29. The lowest BCUT2D eigenvalue weighted by Crippen LogP contribution is -2.16. The number of carbonyl (C=O) groups is 2. The minimum atomic E-state index is -0.314. The first-order chi connectivity index (χ1) is 13.2. The van der Waals surface area contributed by atoms with Crippen molar-refractivity contribution in [3.8, 4) is 0 Å². The van der Waals surface area contributed by atoms with Crippen molar-refractivity contribution in [1.82, 2.24) is 0 Å². The number of thioether (sulfide) groups is 1. The normalized spacial score (nSPS) is 13.1. The molecule has 6 heteroatoms. The Kier molecular flexibility index (Phi) is 7.35. The lowest BCUT2D eigenvalue weighted by atomic mass is 9.95. The number of hydrogen-bond acceptors (Lipinski definition) is 5. The zero-order valence-corrected chi connectivity index (χ0v) is 17.2. The zero-order chi connectivity index (χ0) is 19.1. The number of fused-ring (bicyclic) bond motifs is 1. The molecule has 0 fully saturated rings. The molecule has 0 bridgehead atoms. The third kappa shape index (κ3) is 5.36. The highest BCUT2D eigenvalue weighted by molar-refractivity contribution is 7.98.